The first-order valence-corrected chi connectivity index (χ1v) is 3.46. The van der Waals surface area contributed by atoms with Crippen molar-refractivity contribution in [3.63, 3.8) is 0 Å². The molecule has 1 N–H and O–H groups in total. The second-order valence-corrected chi connectivity index (χ2v) is 2.24. The Kier molecular flexibility index (Phi) is 5.35. The van der Waals surface area contributed by atoms with Gasteiger partial charge in [-0.3, -0.25) is 0 Å². The van der Waals surface area contributed by atoms with Crippen LogP contribution in [0.2, 0.25) is 0 Å². The van der Waals surface area contributed by atoms with Gasteiger partial charge >= 0.3 is 0 Å². The molecular formula is C8H15N. The summed E-state index contributed by atoms with van der Waals surface area (Å²) in [6.45, 7) is 7.12. The molecule has 0 rings (SSSR count). The monoisotopic (exact) mass is 125 g/mol. The molecule has 1 nitrogen and oxygen atoms in total. The van der Waals surface area contributed by atoms with Crippen molar-refractivity contribution >= 4 is 0 Å². The summed E-state index contributed by atoms with van der Waals surface area (Å²) in [7, 11) is 0. The molecule has 0 saturated heterocycles. The summed E-state index contributed by atoms with van der Waals surface area (Å²) < 4.78 is 0. The normalized spacial score (nSPS) is 8.89. The van der Waals surface area contributed by atoms with Crippen molar-refractivity contribution in [2.45, 2.75) is 33.2 Å². The molecule has 0 bridgehead atoms. The molecule has 0 aliphatic carbocycles. The first-order chi connectivity index (χ1) is 4.27. The molecule has 0 radical (unpaired) electrons. The van der Waals surface area contributed by atoms with Gasteiger partial charge in [0.25, 0.3) is 0 Å². The summed E-state index contributed by atoms with van der Waals surface area (Å²) in [4.78, 5) is 0. The SMILES string of the molecule is CCC#CCNC(C)C. The second kappa shape index (κ2) is 5.65. The Labute approximate surface area is 57.8 Å². The minimum absolute atomic E-state index is 0.552. The van der Waals surface area contributed by atoms with Crippen LogP contribution in [0.5, 0.6) is 0 Å². The average molecular weight is 125 g/mol. The Morgan fingerprint density at radius 2 is 2.00 bits per heavy atom. The van der Waals surface area contributed by atoms with Gasteiger partial charge in [0.05, 0.1) is 6.54 Å². The molecule has 9 heavy (non-hydrogen) atoms. The predicted octanol–water partition coefficient (Wildman–Crippen LogP) is 1.40. The zero-order chi connectivity index (χ0) is 7.11. The molecule has 0 unspecified atom stereocenters. The minimum Gasteiger partial charge on any atom is -0.304 e. The molecule has 0 saturated carbocycles. The Balaban J connectivity index is 3.09. The summed E-state index contributed by atoms with van der Waals surface area (Å²) in [5, 5.41) is 3.21. The van der Waals surface area contributed by atoms with Crippen LogP contribution in [0.15, 0.2) is 0 Å². The van der Waals surface area contributed by atoms with E-state index in [4.69, 9.17) is 0 Å². The fourth-order valence-corrected chi connectivity index (χ4v) is 0.443. The topological polar surface area (TPSA) is 12.0 Å². The van der Waals surface area contributed by atoms with Crippen LogP contribution in [0, 0.1) is 11.8 Å². The quantitative estimate of drug-likeness (QED) is 0.550. The van der Waals surface area contributed by atoms with Crippen LogP contribution < -0.4 is 5.32 Å². The van der Waals surface area contributed by atoms with Crippen LogP contribution >= 0.6 is 0 Å². The molecule has 0 spiro atoms. The Bertz CT molecular complexity index is 105. The van der Waals surface area contributed by atoms with Crippen molar-refractivity contribution in [2.75, 3.05) is 6.54 Å². The molecule has 52 valence electrons. The molecule has 0 aliphatic rings. The molecule has 0 heterocycles. The van der Waals surface area contributed by atoms with Gasteiger partial charge in [-0.05, 0) is 13.8 Å². The van der Waals surface area contributed by atoms with Crippen LogP contribution in [0.1, 0.15) is 27.2 Å². The minimum atomic E-state index is 0.552. The van der Waals surface area contributed by atoms with Gasteiger partial charge in [-0.1, -0.05) is 12.8 Å². The third-order valence-corrected chi connectivity index (χ3v) is 0.900. The summed E-state index contributed by atoms with van der Waals surface area (Å²) in [5.74, 6) is 6.00. The highest BCUT2D eigenvalue weighted by Crippen LogP contribution is 1.73. The van der Waals surface area contributed by atoms with Gasteiger partial charge in [0.15, 0.2) is 0 Å². The van der Waals surface area contributed by atoms with Gasteiger partial charge in [0, 0.05) is 12.5 Å². The van der Waals surface area contributed by atoms with Crippen LogP contribution in [0.4, 0.5) is 0 Å². The Hall–Kier alpha value is -0.480. The van der Waals surface area contributed by atoms with E-state index in [0.29, 0.717) is 6.04 Å². The van der Waals surface area contributed by atoms with E-state index in [-0.39, 0.29) is 0 Å². The summed E-state index contributed by atoms with van der Waals surface area (Å²) >= 11 is 0. The van der Waals surface area contributed by atoms with Crippen molar-refractivity contribution in [1.82, 2.24) is 5.32 Å². The van der Waals surface area contributed by atoms with Crippen molar-refractivity contribution in [1.29, 1.82) is 0 Å². The average Bonchev–Trinajstić information content (AvgIpc) is 1.80. The maximum Gasteiger partial charge on any atom is 0.0578 e. The van der Waals surface area contributed by atoms with E-state index in [9.17, 15) is 0 Å². The standard InChI is InChI=1S/C8H15N/c1-4-5-6-7-9-8(2)3/h8-9H,4,7H2,1-3H3. The van der Waals surface area contributed by atoms with Gasteiger partial charge in [-0.15, -0.1) is 5.92 Å². The number of rotatable bonds is 2. The maximum absolute atomic E-state index is 3.21. The van der Waals surface area contributed by atoms with Gasteiger partial charge < -0.3 is 5.32 Å². The third-order valence-electron chi connectivity index (χ3n) is 0.900. The zero-order valence-electron chi connectivity index (χ0n) is 6.49. The number of hydrogen-bond acceptors (Lipinski definition) is 1. The lowest BCUT2D eigenvalue weighted by Gasteiger charge is -2.00. The van der Waals surface area contributed by atoms with Crippen LogP contribution in [0.3, 0.4) is 0 Å². The lowest BCUT2D eigenvalue weighted by Crippen LogP contribution is -2.22. The number of hydrogen-bond donors (Lipinski definition) is 1. The van der Waals surface area contributed by atoms with Crippen LogP contribution in [-0.2, 0) is 0 Å². The molecule has 1 heteroatoms. The Morgan fingerprint density at radius 1 is 1.33 bits per heavy atom. The van der Waals surface area contributed by atoms with Crippen LogP contribution in [-0.4, -0.2) is 12.6 Å². The van der Waals surface area contributed by atoms with Crippen LogP contribution in [0.25, 0.3) is 0 Å². The molecule has 0 aliphatic heterocycles. The van der Waals surface area contributed by atoms with E-state index >= 15 is 0 Å². The van der Waals surface area contributed by atoms with Gasteiger partial charge in [0.1, 0.15) is 0 Å². The van der Waals surface area contributed by atoms with E-state index in [0.717, 1.165) is 13.0 Å². The smallest absolute Gasteiger partial charge is 0.0578 e. The van der Waals surface area contributed by atoms with Crippen molar-refractivity contribution < 1.29 is 0 Å². The lowest BCUT2D eigenvalue weighted by molar-refractivity contribution is 0.638. The molecule has 0 amide bonds. The van der Waals surface area contributed by atoms with Gasteiger partial charge in [0.2, 0.25) is 0 Å². The maximum atomic E-state index is 3.21. The number of nitrogens with one attached hydrogen (secondary N) is 1. The van der Waals surface area contributed by atoms with Gasteiger partial charge in [-0.2, -0.15) is 0 Å². The highest BCUT2D eigenvalue weighted by atomic mass is 14.9. The van der Waals surface area contributed by atoms with E-state index in [1.165, 1.54) is 0 Å². The zero-order valence-corrected chi connectivity index (χ0v) is 6.49. The molecule has 0 atom stereocenters. The molecule has 0 aromatic heterocycles. The molecule has 0 aromatic rings. The van der Waals surface area contributed by atoms with E-state index in [2.05, 4.69) is 37.9 Å². The summed E-state index contributed by atoms with van der Waals surface area (Å²) in [6.07, 6.45) is 0.958. The van der Waals surface area contributed by atoms with E-state index < -0.39 is 0 Å². The first-order valence-electron chi connectivity index (χ1n) is 3.46. The predicted molar refractivity (Wildman–Crippen MR) is 41.2 cm³/mol. The summed E-state index contributed by atoms with van der Waals surface area (Å²) in [6, 6.07) is 0.552. The highest BCUT2D eigenvalue weighted by Gasteiger charge is 1.84. The van der Waals surface area contributed by atoms with E-state index in [1.807, 2.05) is 0 Å². The van der Waals surface area contributed by atoms with Crippen molar-refractivity contribution in [2.24, 2.45) is 0 Å². The highest BCUT2D eigenvalue weighted by molar-refractivity contribution is 4.99. The second-order valence-electron chi connectivity index (χ2n) is 2.24. The van der Waals surface area contributed by atoms with Gasteiger partial charge in [-0.25, -0.2) is 0 Å². The molecule has 0 fully saturated rings. The third kappa shape index (κ3) is 7.52. The lowest BCUT2D eigenvalue weighted by atomic mass is 10.4. The fraction of sp³-hybridized carbons (Fsp3) is 0.750. The van der Waals surface area contributed by atoms with E-state index in [1.54, 1.807) is 0 Å². The van der Waals surface area contributed by atoms with Crippen molar-refractivity contribution in [3.05, 3.63) is 0 Å². The molecular weight excluding hydrogens is 110 g/mol. The van der Waals surface area contributed by atoms with Crippen molar-refractivity contribution in [3.8, 4) is 11.8 Å². The molecule has 0 aromatic carbocycles. The summed E-state index contributed by atoms with van der Waals surface area (Å²) in [5.41, 5.74) is 0. The largest absolute Gasteiger partial charge is 0.304 e. The fourth-order valence-electron chi connectivity index (χ4n) is 0.443. The first kappa shape index (κ1) is 8.52. The Morgan fingerprint density at radius 3 is 2.44 bits per heavy atom.